The Hall–Kier alpha value is -2.40. The van der Waals surface area contributed by atoms with Crippen LogP contribution in [-0.4, -0.2) is 23.3 Å². The molecule has 2 aromatic rings. The minimum atomic E-state index is -0.351. The Morgan fingerprint density at radius 3 is 2.44 bits per heavy atom. The molecule has 0 saturated carbocycles. The monoisotopic (exact) mass is 362 g/mol. The molecular weight excluding hydrogens is 343 g/mol. The molecule has 2 rings (SSSR count). The van der Waals surface area contributed by atoms with Gasteiger partial charge in [0.2, 0.25) is 11.8 Å². The van der Waals surface area contributed by atoms with Gasteiger partial charge in [0.25, 0.3) is 0 Å². The lowest BCUT2D eigenvalue weighted by molar-refractivity contribution is -0.130. The van der Waals surface area contributed by atoms with E-state index in [1.54, 1.807) is 35.2 Å². The molecule has 2 aromatic carbocycles. The van der Waals surface area contributed by atoms with Gasteiger partial charge in [-0.3, -0.25) is 9.59 Å². The summed E-state index contributed by atoms with van der Waals surface area (Å²) in [7, 11) is 0. The summed E-state index contributed by atoms with van der Waals surface area (Å²) in [4.78, 5) is 25.3. The number of rotatable bonds is 7. The molecule has 132 valence electrons. The number of nitrogens with zero attached hydrogens (tertiary/aromatic N) is 1. The van der Waals surface area contributed by atoms with Gasteiger partial charge < -0.3 is 10.2 Å². The zero-order valence-electron chi connectivity index (χ0n) is 14.0. The highest BCUT2D eigenvalue weighted by Crippen LogP contribution is 2.12. The van der Waals surface area contributed by atoms with Gasteiger partial charge in [-0.15, -0.1) is 0 Å². The average Bonchev–Trinajstić information content (AvgIpc) is 2.59. The van der Waals surface area contributed by atoms with Crippen LogP contribution in [0.4, 0.5) is 4.39 Å². The topological polar surface area (TPSA) is 49.4 Å². The first-order chi connectivity index (χ1) is 12.0. The highest BCUT2D eigenvalue weighted by atomic mass is 35.5. The molecule has 0 heterocycles. The van der Waals surface area contributed by atoms with Gasteiger partial charge in [0.15, 0.2) is 0 Å². The Labute approximate surface area is 151 Å². The number of carbonyl (C=O) groups excluding carboxylic acids is 2. The lowest BCUT2D eigenvalue weighted by Crippen LogP contribution is -2.33. The molecule has 0 aliphatic carbocycles. The van der Waals surface area contributed by atoms with Crippen LogP contribution in [-0.2, 0) is 22.7 Å². The summed E-state index contributed by atoms with van der Waals surface area (Å²) in [5, 5.41) is 3.30. The molecule has 0 aliphatic rings. The van der Waals surface area contributed by atoms with Gasteiger partial charge in [-0.2, -0.15) is 0 Å². The first kappa shape index (κ1) is 18.9. The van der Waals surface area contributed by atoms with E-state index >= 15 is 0 Å². The van der Waals surface area contributed by atoms with E-state index in [2.05, 4.69) is 5.32 Å². The molecule has 0 unspecified atom stereocenters. The van der Waals surface area contributed by atoms with Crippen LogP contribution >= 0.6 is 11.6 Å². The molecule has 0 radical (unpaired) electrons. The molecule has 0 fully saturated rings. The van der Waals surface area contributed by atoms with Crippen LogP contribution in [0.25, 0.3) is 0 Å². The van der Waals surface area contributed by atoms with E-state index in [1.165, 1.54) is 13.0 Å². The molecular formula is C19H20ClFN2O2. The maximum atomic E-state index is 13.5. The van der Waals surface area contributed by atoms with Crippen LogP contribution < -0.4 is 5.32 Å². The smallest absolute Gasteiger partial charge is 0.222 e. The largest absolute Gasteiger partial charge is 0.352 e. The molecule has 0 aromatic heterocycles. The molecule has 0 spiro atoms. The maximum absolute atomic E-state index is 13.5. The van der Waals surface area contributed by atoms with E-state index < -0.39 is 0 Å². The minimum absolute atomic E-state index is 0.114. The van der Waals surface area contributed by atoms with Gasteiger partial charge in [-0.05, 0) is 23.8 Å². The van der Waals surface area contributed by atoms with E-state index in [-0.39, 0.29) is 30.6 Å². The number of hydrogen-bond acceptors (Lipinski definition) is 2. The average molecular weight is 363 g/mol. The molecule has 0 atom stereocenters. The third kappa shape index (κ3) is 6.19. The van der Waals surface area contributed by atoms with E-state index in [0.29, 0.717) is 23.7 Å². The van der Waals surface area contributed by atoms with Crippen LogP contribution in [0.5, 0.6) is 0 Å². The van der Waals surface area contributed by atoms with Crippen LogP contribution in [0, 0.1) is 5.82 Å². The van der Waals surface area contributed by atoms with Crippen molar-refractivity contribution < 1.29 is 14.0 Å². The number of halogens is 2. The zero-order chi connectivity index (χ0) is 18.2. The van der Waals surface area contributed by atoms with Crippen LogP contribution in [0.3, 0.4) is 0 Å². The maximum Gasteiger partial charge on any atom is 0.222 e. The predicted octanol–water partition coefficient (Wildman–Crippen LogP) is 3.53. The summed E-state index contributed by atoms with van der Waals surface area (Å²) in [5.74, 6) is -0.696. The van der Waals surface area contributed by atoms with E-state index in [4.69, 9.17) is 11.6 Å². The fourth-order valence-electron chi connectivity index (χ4n) is 2.32. The molecule has 0 bridgehead atoms. The summed E-state index contributed by atoms with van der Waals surface area (Å²) in [6.07, 6.45) is 0.154. The van der Waals surface area contributed by atoms with Crippen molar-refractivity contribution in [3.63, 3.8) is 0 Å². The van der Waals surface area contributed by atoms with Crippen LogP contribution in [0.15, 0.2) is 48.5 Å². The molecule has 0 aliphatic heterocycles. The Morgan fingerprint density at radius 1 is 1.12 bits per heavy atom. The van der Waals surface area contributed by atoms with Gasteiger partial charge in [0.1, 0.15) is 5.82 Å². The quantitative estimate of drug-likeness (QED) is 0.819. The van der Waals surface area contributed by atoms with Crippen molar-refractivity contribution in [2.45, 2.75) is 26.4 Å². The van der Waals surface area contributed by atoms with Crippen molar-refractivity contribution in [2.75, 3.05) is 6.54 Å². The molecule has 4 nitrogen and oxygen atoms in total. The van der Waals surface area contributed by atoms with Gasteiger partial charge in [0.05, 0.1) is 0 Å². The Kier molecular flexibility index (Phi) is 6.95. The standard InChI is InChI=1S/C19H20ClFN2O2/c1-14(24)23(13-15-6-8-17(20)9-7-15)11-10-19(25)22-12-16-4-2-3-5-18(16)21/h2-9H,10-13H2,1H3,(H,22,25). The number of nitrogens with one attached hydrogen (secondary N) is 1. The minimum Gasteiger partial charge on any atom is -0.352 e. The lowest BCUT2D eigenvalue weighted by atomic mass is 10.2. The summed E-state index contributed by atoms with van der Waals surface area (Å²) >= 11 is 5.85. The summed E-state index contributed by atoms with van der Waals surface area (Å²) in [6.45, 7) is 2.30. The van der Waals surface area contributed by atoms with Crippen molar-refractivity contribution >= 4 is 23.4 Å². The zero-order valence-corrected chi connectivity index (χ0v) is 14.7. The highest BCUT2D eigenvalue weighted by molar-refractivity contribution is 6.30. The predicted molar refractivity (Wildman–Crippen MR) is 95.4 cm³/mol. The van der Waals surface area contributed by atoms with Gasteiger partial charge in [-0.1, -0.05) is 41.9 Å². The fourth-order valence-corrected chi connectivity index (χ4v) is 2.44. The Morgan fingerprint density at radius 2 is 1.80 bits per heavy atom. The lowest BCUT2D eigenvalue weighted by Gasteiger charge is -2.21. The first-order valence-electron chi connectivity index (χ1n) is 7.96. The molecule has 1 N–H and O–H groups in total. The highest BCUT2D eigenvalue weighted by Gasteiger charge is 2.12. The normalized spacial score (nSPS) is 10.4. The summed E-state index contributed by atoms with van der Waals surface area (Å²) < 4.78 is 13.5. The van der Waals surface area contributed by atoms with Crippen molar-refractivity contribution in [2.24, 2.45) is 0 Å². The second kappa shape index (κ2) is 9.18. The van der Waals surface area contributed by atoms with Crippen LogP contribution in [0.2, 0.25) is 5.02 Å². The fraction of sp³-hybridized carbons (Fsp3) is 0.263. The molecule has 6 heteroatoms. The number of hydrogen-bond donors (Lipinski definition) is 1. The third-order valence-corrected chi connectivity index (χ3v) is 4.03. The van der Waals surface area contributed by atoms with Gasteiger partial charge in [-0.25, -0.2) is 4.39 Å². The summed E-state index contributed by atoms with van der Waals surface area (Å²) in [6, 6.07) is 13.5. The second-order valence-electron chi connectivity index (χ2n) is 5.69. The van der Waals surface area contributed by atoms with Crippen molar-refractivity contribution in [3.05, 3.63) is 70.5 Å². The Bertz CT molecular complexity index is 734. The second-order valence-corrected chi connectivity index (χ2v) is 6.12. The SMILES string of the molecule is CC(=O)N(CCC(=O)NCc1ccccc1F)Cc1ccc(Cl)cc1. The first-order valence-corrected chi connectivity index (χ1v) is 8.33. The van der Waals surface area contributed by atoms with Crippen LogP contribution in [0.1, 0.15) is 24.5 Å². The van der Waals surface area contributed by atoms with Gasteiger partial charge in [0, 0.05) is 43.6 Å². The molecule has 0 saturated heterocycles. The Balaban J connectivity index is 1.83. The number of amides is 2. The number of benzene rings is 2. The van der Waals surface area contributed by atoms with E-state index in [0.717, 1.165) is 5.56 Å². The van der Waals surface area contributed by atoms with E-state index in [1.807, 2.05) is 12.1 Å². The van der Waals surface area contributed by atoms with Gasteiger partial charge >= 0.3 is 0 Å². The number of carbonyl (C=O) groups is 2. The van der Waals surface area contributed by atoms with E-state index in [9.17, 15) is 14.0 Å². The van der Waals surface area contributed by atoms with Crippen molar-refractivity contribution in [1.29, 1.82) is 0 Å². The summed E-state index contributed by atoms with van der Waals surface area (Å²) in [5.41, 5.74) is 1.37. The third-order valence-electron chi connectivity index (χ3n) is 3.77. The van der Waals surface area contributed by atoms with Crippen molar-refractivity contribution in [3.8, 4) is 0 Å². The molecule has 2 amide bonds. The van der Waals surface area contributed by atoms with Crippen molar-refractivity contribution in [1.82, 2.24) is 10.2 Å². The molecule has 25 heavy (non-hydrogen) atoms.